The van der Waals surface area contributed by atoms with E-state index in [1.54, 1.807) is 6.07 Å². The van der Waals surface area contributed by atoms with Gasteiger partial charge in [0.25, 0.3) is 10.0 Å². The van der Waals surface area contributed by atoms with E-state index in [4.69, 9.17) is 11.6 Å². The van der Waals surface area contributed by atoms with E-state index in [1.807, 2.05) is 4.89 Å². The van der Waals surface area contributed by atoms with Crippen LogP contribution in [-0.4, -0.2) is 20.5 Å². The Bertz CT molecular complexity index is 623. The van der Waals surface area contributed by atoms with Crippen molar-refractivity contribution in [2.45, 2.75) is 4.21 Å². The van der Waals surface area contributed by atoms with Gasteiger partial charge >= 0.3 is 0 Å². The SMILES string of the molecule is CONS(=O)(=O)c1cc2nccc(Cl)c2s1. The van der Waals surface area contributed by atoms with Crippen molar-refractivity contribution in [2.24, 2.45) is 0 Å². The maximum atomic E-state index is 11.6. The Morgan fingerprint density at radius 2 is 2.31 bits per heavy atom. The summed E-state index contributed by atoms with van der Waals surface area (Å²) in [4.78, 5) is 10.4. The zero-order valence-electron chi connectivity index (χ0n) is 8.10. The van der Waals surface area contributed by atoms with E-state index in [1.165, 1.54) is 19.4 Å². The van der Waals surface area contributed by atoms with Crippen LogP contribution >= 0.6 is 22.9 Å². The number of hydrogen-bond acceptors (Lipinski definition) is 5. The quantitative estimate of drug-likeness (QED) is 0.869. The Kier molecular flexibility index (Phi) is 3.13. The lowest BCUT2D eigenvalue weighted by atomic mass is 10.4. The predicted molar refractivity (Wildman–Crippen MR) is 62.0 cm³/mol. The number of fused-ring (bicyclic) bond motifs is 1. The van der Waals surface area contributed by atoms with E-state index in [0.29, 0.717) is 15.2 Å². The second-order valence-electron chi connectivity index (χ2n) is 2.86. The van der Waals surface area contributed by atoms with Gasteiger partial charge in [-0.05, 0) is 12.1 Å². The van der Waals surface area contributed by atoms with E-state index in [2.05, 4.69) is 9.82 Å². The van der Waals surface area contributed by atoms with Crippen LogP contribution in [0.3, 0.4) is 0 Å². The number of aromatic nitrogens is 1. The number of halogens is 1. The molecule has 0 amide bonds. The molecule has 16 heavy (non-hydrogen) atoms. The molecule has 2 heterocycles. The average Bonchev–Trinajstić information content (AvgIpc) is 2.63. The third-order valence-corrected chi connectivity index (χ3v) is 5.12. The van der Waals surface area contributed by atoms with E-state index in [0.717, 1.165) is 11.3 Å². The molecule has 0 saturated heterocycles. The fourth-order valence-electron chi connectivity index (χ4n) is 1.17. The first kappa shape index (κ1) is 11.7. The van der Waals surface area contributed by atoms with Gasteiger partial charge in [0.2, 0.25) is 0 Å². The molecular formula is C8H7ClN2O3S2. The van der Waals surface area contributed by atoms with Crippen LogP contribution in [0.2, 0.25) is 5.02 Å². The maximum Gasteiger partial charge on any atom is 0.272 e. The van der Waals surface area contributed by atoms with E-state index < -0.39 is 10.0 Å². The zero-order valence-corrected chi connectivity index (χ0v) is 10.5. The monoisotopic (exact) mass is 278 g/mol. The summed E-state index contributed by atoms with van der Waals surface area (Å²) in [7, 11) is -2.41. The Labute approximate surface area is 101 Å². The zero-order chi connectivity index (χ0) is 11.8. The summed E-state index contributed by atoms with van der Waals surface area (Å²) in [6.07, 6.45) is 1.53. The molecule has 0 unspecified atom stereocenters. The second-order valence-corrected chi connectivity index (χ2v) is 6.19. The molecule has 5 nitrogen and oxygen atoms in total. The smallest absolute Gasteiger partial charge is 0.272 e. The van der Waals surface area contributed by atoms with Gasteiger partial charge in [0.1, 0.15) is 4.21 Å². The molecular weight excluding hydrogens is 272 g/mol. The molecule has 0 atom stereocenters. The summed E-state index contributed by atoms with van der Waals surface area (Å²) in [6.45, 7) is 0. The van der Waals surface area contributed by atoms with Crippen molar-refractivity contribution in [1.29, 1.82) is 0 Å². The first-order chi connectivity index (χ1) is 7.54. The van der Waals surface area contributed by atoms with Gasteiger partial charge in [-0.1, -0.05) is 16.5 Å². The van der Waals surface area contributed by atoms with Gasteiger partial charge in [-0.15, -0.1) is 11.3 Å². The second kappa shape index (κ2) is 4.27. The van der Waals surface area contributed by atoms with Crippen molar-refractivity contribution in [2.75, 3.05) is 7.11 Å². The van der Waals surface area contributed by atoms with Gasteiger partial charge in [-0.2, -0.15) is 0 Å². The first-order valence-corrected chi connectivity index (χ1v) is 6.81. The first-order valence-electron chi connectivity index (χ1n) is 4.13. The molecule has 2 aromatic rings. The number of nitrogens with one attached hydrogen (secondary N) is 1. The van der Waals surface area contributed by atoms with Crippen LogP contribution < -0.4 is 4.89 Å². The molecule has 0 bridgehead atoms. The third-order valence-electron chi connectivity index (χ3n) is 1.80. The highest BCUT2D eigenvalue weighted by molar-refractivity contribution is 7.91. The minimum atomic E-state index is -3.64. The molecule has 86 valence electrons. The largest absolute Gasteiger partial charge is 0.290 e. The standard InChI is InChI=1S/C8H7ClN2O3S2/c1-14-11-16(12,13)7-4-6-8(15-7)5(9)2-3-10-6/h2-4,11H,1H3. The van der Waals surface area contributed by atoms with Crippen LogP contribution in [0.1, 0.15) is 0 Å². The van der Waals surface area contributed by atoms with Crippen LogP contribution in [0.15, 0.2) is 22.5 Å². The van der Waals surface area contributed by atoms with Crippen molar-refractivity contribution in [3.63, 3.8) is 0 Å². The molecule has 0 aromatic carbocycles. The molecule has 0 aliphatic carbocycles. The highest BCUT2D eigenvalue weighted by atomic mass is 35.5. The van der Waals surface area contributed by atoms with Crippen LogP contribution in [-0.2, 0) is 14.9 Å². The van der Waals surface area contributed by atoms with Gasteiger partial charge in [0.05, 0.1) is 22.3 Å². The molecule has 0 radical (unpaired) electrons. The highest BCUT2D eigenvalue weighted by Crippen LogP contribution is 2.32. The summed E-state index contributed by atoms with van der Waals surface area (Å²) in [5.74, 6) is 0. The van der Waals surface area contributed by atoms with Crippen LogP contribution in [0.25, 0.3) is 10.2 Å². The lowest BCUT2D eigenvalue weighted by molar-refractivity contribution is 0.153. The van der Waals surface area contributed by atoms with Crippen LogP contribution in [0, 0.1) is 0 Å². The van der Waals surface area contributed by atoms with Crippen LogP contribution in [0.4, 0.5) is 0 Å². The van der Waals surface area contributed by atoms with E-state index >= 15 is 0 Å². The minimum absolute atomic E-state index is 0.116. The Balaban J connectivity index is 2.60. The summed E-state index contributed by atoms with van der Waals surface area (Å²) < 4.78 is 24.0. The molecule has 0 fully saturated rings. The topological polar surface area (TPSA) is 68.3 Å². The van der Waals surface area contributed by atoms with Crippen LogP contribution in [0.5, 0.6) is 0 Å². The van der Waals surface area contributed by atoms with Crippen molar-refractivity contribution in [3.8, 4) is 0 Å². The molecule has 0 saturated carbocycles. The molecule has 1 N–H and O–H groups in total. The maximum absolute atomic E-state index is 11.6. The number of sulfonamides is 1. The molecule has 2 aromatic heterocycles. The third kappa shape index (κ3) is 2.04. The van der Waals surface area contributed by atoms with Crippen molar-refractivity contribution >= 4 is 43.2 Å². The molecule has 2 rings (SSSR count). The summed E-state index contributed by atoms with van der Waals surface area (Å²) in [5, 5.41) is 0.480. The van der Waals surface area contributed by atoms with Gasteiger partial charge in [0.15, 0.2) is 0 Å². The minimum Gasteiger partial charge on any atom is -0.290 e. The Morgan fingerprint density at radius 1 is 1.56 bits per heavy atom. The Morgan fingerprint density at radius 3 is 2.94 bits per heavy atom. The van der Waals surface area contributed by atoms with Crippen molar-refractivity contribution in [1.82, 2.24) is 9.87 Å². The number of nitrogens with zero attached hydrogens (tertiary/aromatic N) is 1. The van der Waals surface area contributed by atoms with Gasteiger partial charge in [-0.25, -0.2) is 8.42 Å². The fourth-order valence-corrected chi connectivity index (χ4v) is 3.55. The summed E-state index contributed by atoms with van der Waals surface area (Å²) >= 11 is 6.97. The number of pyridine rings is 1. The highest BCUT2D eigenvalue weighted by Gasteiger charge is 2.18. The lowest BCUT2D eigenvalue weighted by Crippen LogP contribution is -2.21. The van der Waals surface area contributed by atoms with E-state index in [9.17, 15) is 8.42 Å². The lowest BCUT2D eigenvalue weighted by Gasteiger charge is -1.99. The van der Waals surface area contributed by atoms with Gasteiger partial charge in [0, 0.05) is 6.20 Å². The normalized spacial score (nSPS) is 12.1. The number of rotatable bonds is 3. The molecule has 8 heteroatoms. The summed E-state index contributed by atoms with van der Waals surface area (Å²) in [6, 6.07) is 3.06. The summed E-state index contributed by atoms with van der Waals surface area (Å²) in [5.41, 5.74) is 0.550. The van der Waals surface area contributed by atoms with Gasteiger partial charge in [-0.3, -0.25) is 9.82 Å². The van der Waals surface area contributed by atoms with Gasteiger partial charge < -0.3 is 0 Å². The number of hydrogen-bond donors (Lipinski definition) is 1. The van der Waals surface area contributed by atoms with E-state index in [-0.39, 0.29) is 4.21 Å². The predicted octanol–water partition coefficient (Wildman–Crippen LogP) is 1.79. The average molecular weight is 279 g/mol. The fraction of sp³-hybridized carbons (Fsp3) is 0.125. The Hall–Kier alpha value is -0.730. The molecule has 0 spiro atoms. The molecule has 0 aliphatic rings. The van der Waals surface area contributed by atoms with Crippen molar-refractivity contribution < 1.29 is 13.3 Å². The number of thiophene rings is 1. The molecule has 0 aliphatic heterocycles. The van der Waals surface area contributed by atoms with Crippen molar-refractivity contribution in [3.05, 3.63) is 23.4 Å².